The van der Waals surface area contributed by atoms with Gasteiger partial charge >= 0.3 is 11.9 Å². The maximum atomic E-state index is 14.4. The van der Waals surface area contributed by atoms with E-state index in [0.717, 1.165) is 12.1 Å². The lowest BCUT2D eigenvalue weighted by molar-refractivity contribution is -0.152. The lowest BCUT2D eigenvalue weighted by Gasteiger charge is -2.23. The minimum atomic E-state index is -1.45. The molecule has 3 N–H and O–H groups in total. The number of aliphatic carboxylic acids is 1. The van der Waals surface area contributed by atoms with Crippen LogP contribution < -0.4 is 10.2 Å². The third-order valence-corrected chi connectivity index (χ3v) is 4.87. The lowest BCUT2D eigenvalue weighted by atomic mass is 10.2. The third kappa shape index (κ3) is 3.44. The highest BCUT2D eigenvalue weighted by molar-refractivity contribution is 5.76. The van der Waals surface area contributed by atoms with Crippen molar-refractivity contribution < 1.29 is 33.3 Å². The second-order valence-corrected chi connectivity index (χ2v) is 6.53. The highest BCUT2D eigenvalue weighted by atomic mass is 19.1. The summed E-state index contributed by atoms with van der Waals surface area (Å²) in [6, 6.07) is 2.16. The summed E-state index contributed by atoms with van der Waals surface area (Å²) >= 11 is 0. The van der Waals surface area contributed by atoms with Gasteiger partial charge < -0.3 is 25.2 Å². The molecule has 0 radical (unpaired) electrons. The molecule has 0 amide bonds. The minimum absolute atomic E-state index is 0.0659. The summed E-state index contributed by atoms with van der Waals surface area (Å²) in [5.74, 6) is -3.80. The van der Waals surface area contributed by atoms with Crippen LogP contribution in [0.1, 0.15) is 6.92 Å². The molecule has 3 rings (SSSR count). The summed E-state index contributed by atoms with van der Waals surface area (Å²) in [5.41, 5.74) is -0.0994. The largest absolute Gasteiger partial charge is 0.481 e. The number of aliphatic hydroxyl groups excluding tert-OH is 1. The maximum Gasteiger partial charge on any atom is 0.336 e. The van der Waals surface area contributed by atoms with E-state index in [9.17, 15) is 23.5 Å². The number of esters is 1. The van der Waals surface area contributed by atoms with Gasteiger partial charge in [-0.3, -0.25) is 4.79 Å². The summed E-state index contributed by atoms with van der Waals surface area (Å²) in [5, 5.41) is 21.2. The number of carbonyl (C=O) groups excluding carboxylic acids is 1. The Labute approximate surface area is 148 Å². The molecule has 0 spiro atoms. The molecule has 142 valence electrons. The van der Waals surface area contributed by atoms with Gasteiger partial charge in [0, 0.05) is 18.8 Å². The van der Waals surface area contributed by atoms with E-state index in [-0.39, 0.29) is 36.4 Å². The molecule has 0 aromatic heterocycles. The van der Waals surface area contributed by atoms with E-state index in [1.807, 2.05) is 0 Å². The Kier molecular flexibility index (Phi) is 4.99. The molecule has 1 aromatic rings. The molecule has 1 aliphatic heterocycles. The van der Waals surface area contributed by atoms with Gasteiger partial charge in [-0.2, -0.15) is 0 Å². The first-order chi connectivity index (χ1) is 12.3. The fourth-order valence-electron chi connectivity index (χ4n) is 3.58. The number of carboxylic acids is 1. The van der Waals surface area contributed by atoms with E-state index < -0.39 is 35.6 Å². The highest BCUT2D eigenvalue weighted by Crippen LogP contribution is 2.53. The summed E-state index contributed by atoms with van der Waals surface area (Å²) in [6.45, 7) is 2.09. The van der Waals surface area contributed by atoms with Crippen LogP contribution >= 0.6 is 0 Å². The molecule has 4 atom stereocenters. The van der Waals surface area contributed by atoms with Crippen molar-refractivity contribution in [1.29, 1.82) is 0 Å². The van der Waals surface area contributed by atoms with E-state index >= 15 is 0 Å². The molecule has 7 nitrogen and oxygen atoms in total. The molecule has 1 saturated heterocycles. The van der Waals surface area contributed by atoms with Gasteiger partial charge in [-0.25, -0.2) is 13.6 Å². The number of anilines is 2. The van der Waals surface area contributed by atoms with Crippen LogP contribution in [0.15, 0.2) is 12.1 Å². The van der Waals surface area contributed by atoms with E-state index in [1.54, 1.807) is 6.92 Å². The van der Waals surface area contributed by atoms with Crippen LogP contribution in [-0.4, -0.2) is 54.5 Å². The van der Waals surface area contributed by atoms with Gasteiger partial charge in [0.25, 0.3) is 0 Å². The molecule has 1 heterocycles. The van der Waals surface area contributed by atoms with Crippen molar-refractivity contribution in [2.45, 2.75) is 13.0 Å². The Morgan fingerprint density at radius 2 is 1.88 bits per heavy atom. The van der Waals surface area contributed by atoms with Gasteiger partial charge in [-0.1, -0.05) is 0 Å². The van der Waals surface area contributed by atoms with Crippen LogP contribution in [0.2, 0.25) is 0 Å². The molecule has 2 aliphatic rings. The number of halogens is 2. The first kappa shape index (κ1) is 18.4. The maximum absolute atomic E-state index is 14.4. The Morgan fingerprint density at radius 3 is 2.38 bits per heavy atom. The lowest BCUT2D eigenvalue weighted by Crippen LogP contribution is -2.30. The molecular weight excluding hydrogens is 350 g/mol. The van der Waals surface area contributed by atoms with Crippen LogP contribution in [-0.2, 0) is 14.3 Å². The van der Waals surface area contributed by atoms with E-state index in [4.69, 9.17) is 5.11 Å². The second-order valence-electron chi connectivity index (χ2n) is 6.53. The number of ether oxygens (including phenoxy) is 1. The monoisotopic (exact) mass is 370 g/mol. The van der Waals surface area contributed by atoms with Crippen LogP contribution in [0, 0.1) is 29.4 Å². The Balaban J connectivity index is 1.63. The molecular formula is C17H20F2N2O5. The van der Waals surface area contributed by atoms with Crippen LogP contribution in [0.3, 0.4) is 0 Å². The fraction of sp³-hybridized carbons (Fsp3) is 0.529. The minimum Gasteiger partial charge on any atom is -0.481 e. The first-order valence-electron chi connectivity index (χ1n) is 8.38. The van der Waals surface area contributed by atoms with E-state index in [0.29, 0.717) is 13.1 Å². The Morgan fingerprint density at radius 1 is 1.31 bits per heavy atom. The molecule has 1 aromatic carbocycles. The van der Waals surface area contributed by atoms with Gasteiger partial charge in [0.05, 0.1) is 19.1 Å². The summed E-state index contributed by atoms with van der Waals surface area (Å²) < 4.78 is 33.4. The van der Waals surface area contributed by atoms with Crippen LogP contribution in [0.5, 0.6) is 0 Å². The molecule has 1 aliphatic carbocycles. The van der Waals surface area contributed by atoms with Gasteiger partial charge in [-0.15, -0.1) is 0 Å². The Hall–Kier alpha value is -2.42. The number of piperidine rings is 1. The number of hydrogen-bond acceptors (Lipinski definition) is 6. The molecule has 1 unspecified atom stereocenters. The average molecular weight is 370 g/mol. The van der Waals surface area contributed by atoms with Crippen molar-refractivity contribution in [1.82, 2.24) is 0 Å². The van der Waals surface area contributed by atoms with E-state index in [1.165, 1.54) is 4.90 Å². The number of benzene rings is 1. The quantitative estimate of drug-likeness (QED) is 0.618. The SMILES string of the molecule is CCOC(=O)[C@H](O)CNc1cc(F)c(N2C[C@@H]3C(C(=O)O)[C@@H]3C2)c(F)c1. The summed E-state index contributed by atoms with van der Waals surface area (Å²) in [6.07, 6.45) is -1.45. The van der Waals surface area contributed by atoms with Crippen LogP contribution in [0.25, 0.3) is 0 Å². The zero-order valence-electron chi connectivity index (χ0n) is 14.1. The predicted molar refractivity (Wildman–Crippen MR) is 87.8 cm³/mol. The van der Waals surface area contributed by atoms with Crippen molar-refractivity contribution in [3.8, 4) is 0 Å². The Bertz CT molecular complexity index is 694. The number of fused-ring (bicyclic) bond motifs is 1. The number of rotatable bonds is 7. The molecule has 0 bridgehead atoms. The second kappa shape index (κ2) is 7.06. The van der Waals surface area contributed by atoms with E-state index in [2.05, 4.69) is 10.1 Å². The zero-order chi connectivity index (χ0) is 19.0. The van der Waals surface area contributed by atoms with Gasteiger partial charge in [-0.05, 0) is 30.9 Å². The number of carbonyl (C=O) groups is 2. The van der Waals surface area contributed by atoms with Gasteiger partial charge in [0.1, 0.15) is 5.69 Å². The first-order valence-corrected chi connectivity index (χ1v) is 8.38. The standard InChI is InChI=1S/C17H20F2N2O5/c1-2-26-17(25)13(22)5-20-8-3-11(18)15(12(19)4-8)21-6-9-10(7-21)14(9)16(23)24/h3-4,9-10,13-14,20,22H,2,5-7H2,1H3,(H,23,24)/t9-,10+,13-,14?/m1/s1. The molecule has 26 heavy (non-hydrogen) atoms. The zero-order valence-corrected chi connectivity index (χ0v) is 14.1. The fourth-order valence-corrected chi connectivity index (χ4v) is 3.58. The van der Waals surface area contributed by atoms with Crippen molar-refractivity contribution in [3.05, 3.63) is 23.8 Å². The average Bonchev–Trinajstić information content (AvgIpc) is 3.09. The topological polar surface area (TPSA) is 99.1 Å². The predicted octanol–water partition coefficient (Wildman–Crippen LogP) is 1.07. The molecule has 2 fully saturated rings. The molecule has 9 heteroatoms. The summed E-state index contributed by atoms with van der Waals surface area (Å²) in [4.78, 5) is 23.8. The van der Waals surface area contributed by atoms with Crippen molar-refractivity contribution in [2.24, 2.45) is 17.8 Å². The number of carboxylic acid groups (broad SMARTS) is 1. The van der Waals surface area contributed by atoms with Crippen molar-refractivity contribution >= 4 is 23.3 Å². The van der Waals surface area contributed by atoms with Gasteiger partial charge in [0.15, 0.2) is 17.7 Å². The highest BCUT2D eigenvalue weighted by Gasteiger charge is 2.60. The smallest absolute Gasteiger partial charge is 0.336 e. The van der Waals surface area contributed by atoms with Crippen molar-refractivity contribution in [3.63, 3.8) is 0 Å². The number of hydrogen-bond donors (Lipinski definition) is 3. The number of nitrogens with zero attached hydrogens (tertiary/aromatic N) is 1. The number of nitrogens with one attached hydrogen (secondary N) is 1. The number of aliphatic hydroxyl groups is 1. The third-order valence-electron chi connectivity index (χ3n) is 4.87. The van der Waals surface area contributed by atoms with Crippen molar-refractivity contribution in [2.75, 3.05) is 36.5 Å². The van der Waals surface area contributed by atoms with Gasteiger partial charge in [0.2, 0.25) is 0 Å². The molecule has 1 saturated carbocycles. The van der Waals surface area contributed by atoms with Crippen LogP contribution in [0.4, 0.5) is 20.2 Å². The summed E-state index contributed by atoms with van der Waals surface area (Å²) in [7, 11) is 0. The normalized spacial score (nSPS) is 24.8.